The van der Waals surface area contributed by atoms with Crippen molar-refractivity contribution < 1.29 is 14.8 Å². The predicted molar refractivity (Wildman–Crippen MR) is 47.0 cm³/mol. The van der Waals surface area contributed by atoms with Gasteiger partial charge in [-0.3, -0.25) is 19.9 Å². The van der Waals surface area contributed by atoms with Gasteiger partial charge in [0.25, 0.3) is 5.69 Å². The third kappa shape index (κ3) is 2.03. The van der Waals surface area contributed by atoms with Crippen LogP contribution in [0.4, 0.5) is 5.69 Å². The summed E-state index contributed by atoms with van der Waals surface area (Å²) in [5.74, 6) is -1.10. The van der Waals surface area contributed by atoms with Crippen LogP contribution in [-0.2, 0) is 11.2 Å². The molecule has 0 aliphatic rings. The van der Waals surface area contributed by atoms with Crippen molar-refractivity contribution in [1.29, 1.82) is 0 Å². The third-order valence-electron chi connectivity index (χ3n) is 1.77. The number of aromatic nitrogens is 1. The maximum absolute atomic E-state index is 10.5. The fourth-order valence-electron chi connectivity index (χ4n) is 1.12. The Bertz CT molecular complexity index is 389. The molecule has 0 aromatic carbocycles. The minimum absolute atomic E-state index is 0.206. The zero-order valence-corrected chi connectivity index (χ0v) is 7.43. The monoisotopic (exact) mass is 196 g/mol. The minimum Gasteiger partial charge on any atom is -0.481 e. The molecule has 0 saturated carbocycles. The lowest BCUT2D eigenvalue weighted by Crippen LogP contribution is -2.06. The van der Waals surface area contributed by atoms with E-state index < -0.39 is 10.9 Å². The molecule has 0 radical (unpaired) electrons. The van der Waals surface area contributed by atoms with Crippen LogP contribution in [0.15, 0.2) is 12.4 Å². The molecule has 1 rings (SSSR count). The molecule has 0 aliphatic carbocycles. The Morgan fingerprint density at radius 2 is 2.29 bits per heavy atom. The number of pyridine rings is 1. The highest BCUT2D eigenvalue weighted by Gasteiger charge is 2.18. The normalized spacial score (nSPS) is 9.79. The molecule has 1 aromatic rings. The van der Waals surface area contributed by atoms with Crippen LogP contribution in [0.25, 0.3) is 0 Å². The van der Waals surface area contributed by atoms with Crippen molar-refractivity contribution in [3.05, 3.63) is 33.6 Å². The number of carbonyl (C=O) groups is 1. The van der Waals surface area contributed by atoms with Crippen LogP contribution >= 0.6 is 0 Å². The molecule has 6 nitrogen and oxygen atoms in total. The molecule has 0 aliphatic heterocycles. The van der Waals surface area contributed by atoms with Gasteiger partial charge in [-0.15, -0.1) is 0 Å². The summed E-state index contributed by atoms with van der Waals surface area (Å²) >= 11 is 0. The van der Waals surface area contributed by atoms with E-state index in [9.17, 15) is 14.9 Å². The topological polar surface area (TPSA) is 93.3 Å². The Kier molecular flexibility index (Phi) is 2.76. The number of hydrogen-bond donors (Lipinski definition) is 1. The van der Waals surface area contributed by atoms with E-state index in [4.69, 9.17) is 5.11 Å². The summed E-state index contributed by atoms with van der Waals surface area (Å²) in [4.78, 5) is 24.0. The third-order valence-corrected chi connectivity index (χ3v) is 1.77. The van der Waals surface area contributed by atoms with Crippen LogP contribution in [0.2, 0.25) is 0 Å². The van der Waals surface area contributed by atoms with Gasteiger partial charge in [-0.2, -0.15) is 0 Å². The second kappa shape index (κ2) is 3.82. The lowest BCUT2D eigenvalue weighted by atomic mass is 10.1. The first kappa shape index (κ1) is 10.1. The second-order valence-corrected chi connectivity index (χ2v) is 2.78. The number of carboxylic acids is 1. The highest BCUT2D eigenvalue weighted by Crippen LogP contribution is 2.20. The van der Waals surface area contributed by atoms with E-state index in [0.29, 0.717) is 5.56 Å². The number of nitrogens with zero attached hydrogens (tertiary/aromatic N) is 2. The zero-order chi connectivity index (χ0) is 10.7. The van der Waals surface area contributed by atoms with Gasteiger partial charge in [0.05, 0.1) is 11.3 Å². The number of carboxylic acid groups (broad SMARTS) is 1. The molecule has 1 aromatic heterocycles. The van der Waals surface area contributed by atoms with Gasteiger partial charge in [0.2, 0.25) is 0 Å². The zero-order valence-electron chi connectivity index (χ0n) is 7.43. The number of aliphatic carboxylic acids is 1. The second-order valence-electron chi connectivity index (χ2n) is 2.78. The molecule has 74 valence electrons. The molecule has 0 bridgehead atoms. The van der Waals surface area contributed by atoms with Crippen LogP contribution in [0, 0.1) is 17.0 Å². The first-order valence-electron chi connectivity index (χ1n) is 3.82. The quantitative estimate of drug-likeness (QED) is 0.573. The molecule has 0 amide bonds. The van der Waals surface area contributed by atoms with E-state index in [-0.39, 0.29) is 17.7 Å². The van der Waals surface area contributed by atoms with E-state index in [1.165, 1.54) is 6.20 Å². The van der Waals surface area contributed by atoms with Gasteiger partial charge >= 0.3 is 5.97 Å². The standard InChI is InChI=1S/C8H8N2O4/c1-5-3-9-4-7(10(13)14)6(5)2-8(11)12/h3-4H,2H2,1H3,(H,11,12). The molecule has 0 saturated heterocycles. The minimum atomic E-state index is -1.10. The van der Waals surface area contributed by atoms with Crippen LogP contribution in [-0.4, -0.2) is 21.0 Å². The van der Waals surface area contributed by atoms with Crippen LogP contribution in [0.5, 0.6) is 0 Å². The van der Waals surface area contributed by atoms with Gasteiger partial charge in [-0.1, -0.05) is 0 Å². The molecule has 0 atom stereocenters. The number of aryl methyl sites for hydroxylation is 1. The lowest BCUT2D eigenvalue weighted by molar-refractivity contribution is -0.385. The number of hydrogen-bond acceptors (Lipinski definition) is 4. The highest BCUT2D eigenvalue weighted by atomic mass is 16.6. The summed E-state index contributed by atoms with van der Waals surface area (Å²) in [6, 6.07) is 0. The van der Waals surface area contributed by atoms with Crippen molar-refractivity contribution in [2.24, 2.45) is 0 Å². The van der Waals surface area contributed by atoms with Gasteiger partial charge in [0, 0.05) is 11.8 Å². The first-order valence-corrected chi connectivity index (χ1v) is 3.82. The van der Waals surface area contributed by atoms with Crippen molar-refractivity contribution in [2.75, 3.05) is 0 Å². The summed E-state index contributed by atoms with van der Waals surface area (Å²) in [6.45, 7) is 1.60. The predicted octanol–water partition coefficient (Wildman–Crippen LogP) is 0.925. The summed E-state index contributed by atoms with van der Waals surface area (Å²) < 4.78 is 0. The van der Waals surface area contributed by atoms with E-state index in [0.717, 1.165) is 6.20 Å². The molecule has 1 heterocycles. The Morgan fingerprint density at radius 1 is 1.64 bits per heavy atom. The maximum atomic E-state index is 10.5. The maximum Gasteiger partial charge on any atom is 0.308 e. The van der Waals surface area contributed by atoms with Crippen molar-refractivity contribution in [3.8, 4) is 0 Å². The number of rotatable bonds is 3. The summed E-state index contributed by atoms with van der Waals surface area (Å²) in [5, 5.41) is 19.1. The van der Waals surface area contributed by atoms with Gasteiger partial charge < -0.3 is 5.11 Å². The Morgan fingerprint density at radius 3 is 2.79 bits per heavy atom. The number of nitro groups is 1. The van der Waals surface area contributed by atoms with Gasteiger partial charge in [-0.05, 0) is 12.5 Å². The molecule has 6 heteroatoms. The Hall–Kier alpha value is -1.98. The Labute approximate surface area is 79.4 Å². The average molecular weight is 196 g/mol. The van der Waals surface area contributed by atoms with E-state index in [1.807, 2.05) is 0 Å². The van der Waals surface area contributed by atoms with Gasteiger partial charge in [0.1, 0.15) is 6.20 Å². The molecule has 14 heavy (non-hydrogen) atoms. The first-order chi connectivity index (χ1) is 6.52. The average Bonchev–Trinajstić information content (AvgIpc) is 2.07. The SMILES string of the molecule is Cc1cncc([N+](=O)[O-])c1CC(=O)O. The van der Waals surface area contributed by atoms with Crippen molar-refractivity contribution in [3.63, 3.8) is 0 Å². The van der Waals surface area contributed by atoms with Gasteiger partial charge in [0.15, 0.2) is 0 Å². The smallest absolute Gasteiger partial charge is 0.308 e. The van der Waals surface area contributed by atoms with Crippen molar-refractivity contribution in [2.45, 2.75) is 13.3 Å². The molecule has 0 spiro atoms. The molecular formula is C8H8N2O4. The summed E-state index contributed by atoms with van der Waals surface area (Å²) in [5.41, 5.74) is 0.478. The molecule has 0 fully saturated rings. The Balaban J connectivity index is 3.22. The fourth-order valence-corrected chi connectivity index (χ4v) is 1.12. The lowest BCUT2D eigenvalue weighted by Gasteiger charge is -2.02. The largest absolute Gasteiger partial charge is 0.481 e. The van der Waals surface area contributed by atoms with Crippen LogP contribution in [0.1, 0.15) is 11.1 Å². The van der Waals surface area contributed by atoms with Crippen molar-refractivity contribution in [1.82, 2.24) is 4.98 Å². The van der Waals surface area contributed by atoms with Gasteiger partial charge in [-0.25, -0.2) is 0 Å². The molecule has 1 N–H and O–H groups in total. The molecule has 0 unspecified atom stereocenters. The van der Waals surface area contributed by atoms with Crippen LogP contribution in [0.3, 0.4) is 0 Å². The van der Waals surface area contributed by atoms with Crippen LogP contribution < -0.4 is 0 Å². The fraction of sp³-hybridized carbons (Fsp3) is 0.250. The summed E-state index contributed by atoms with van der Waals surface area (Å²) in [7, 11) is 0. The van der Waals surface area contributed by atoms with E-state index in [1.54, 1.807) is 6.92 Å². The molecular weight excluding hydrogens is 188 g/mol. The van der Waals surface area contributed by atoms with Crippen molar-refractivity contribution >= 4 is 11.7 Å². The highest BCUT2D eigenvalue weighted by molar-refractivity contribution is 5.72. The summed E-state index contributed by atoms with van der Waals surface area (Å²) in [6.07, 6.45) is 2.11. The van der Waals surface area contributed by atoms with E-state index in [2.05, 4.69) is 4.98 Å². The van der Waals surface area contributed by atoms with E-state index >= 15 is 0 Å².